The molecule has 0 bridgehead atoms. The standard InChI is InChI=1S/C26H25Cl2N5/c1-17(18-4-10-29-11-5-18)33-14-8-20(9-15-33)26-31-24(19-6-12-30-13-7-19)25(32-26)21-2-3-22(27)23(28)16-21/h2-7,10-13,16-17,20H,8-9,14-15H2,1H3,(H,31,32). The Morgan fingerprint density at radius 1 is 0.879 bits per heavy atom. The lowest BCUT2D eigenvalue weighted by Gasteiger charge is -2.35. The normalized spacial score (nSPS) is 16.1. The first-order valence-corrected chi connectivity index (χ1v) is 12.0. The summed E-state index contributed by atoms with van der Waals surface area (Å²) in [5, 5.41) is 1.06. The number of benzene rings is 1. The Labute approximate surface area is 203 Å². The van der Waals surface area contributed by atoms with Crippen molar-refractivity contribution in [1.82, 2.24) is 24.8 Å². The SMILES string of the molecule is CC(c1ccncc1)N1CCC(c2nc(-c3ccc(Cl)c(Cl)c3)c(-c3ccncc3)[nH]2)CC1. The van der Waals surface area contributed by atoms with E-state index in [1.165, 1.54) is 5.56 Å². The van der Waals surface area contributed by atoms with Crippen molar-refractivity contribution in [2.24, 2.45) is 0 Å². The number of nitrogens with one attached hydrogen (secondary N) is 1. The maximum atomic E-state index is 6.32. The lowest BCUT2D eigenvalue weighted by molar-refractivity contribution is 0.160. The van der Waals surface area contributed by atoms with Crippen LogP contribution in [-0.4, -0.2) is 37.9 Å². The van der Waals surface area contributed by atoms with Crippen molar-refractivity contribution in [2.75, 3.05) is 13.1 Å². The number of aromatic amines is 1. The molecule has 0 amide bonds. The van der Waals surface area contributed by atoms with E-state index < -0.39 is 0 Å². The van der Waals surface area contributed by atoms with Crippen LogP contribution in [0.3, 0.4) is 0 Å². The minimum absolute atomic E-state index is 0.378. The molecule has 7 heteroatoms. The van der Waals surface area contributed by atoms with Crippen molar-refractivity contribution in [1.29, 1.82) is 0 Å². The van der Waals surface area contributed by atoms with E-state index in [1.807, 2.05) is 42.7 Å². The zero-order chi connectivity index (χ0) is 22.8. The highest BCUT2D eigenvalue weighted by Crippen LogP contribution is 2.37. The average molecular weight is 478 g/mol. The van der Waals surface area contributed by atoms with Crippen molar-refractivity contribution in [3.63, 3.8) is 0 Å². The zero-order valence-electron chi connectivity index (χ0n) is 18.4. The first-order chi connectivity index (χ1) is 16.1. The number of hydrogen-bond donors (Lipinski definition) is 1. The van der Waals surface area contributed by atoms with Crippen LogP contribution >= 0.6 is 23.2 Å². The molecule has 4 heterocycles. The van der Waals surface area contributed by atoms with Crippen molar-refractivity contribution >= 4 is 23.2 Å². The summed E-state index contributed by atoms with van der Waals surface area (Å²) in [5.74, 6) is 1.40. The Morgan fingerprint density at radius 3 is 2.21 bits per heavy atom. The molecule has 1 aromatic carbocycles. The molecule has 5 rings (SSSR count). The number of piperidine rings is 1. The van der Waals surface area contributed by atoms with Crippen LogP contribution in [-0.2, 0) is 0 Å². The van der Waals surface area contributed by atoms with Gasteiger partial charge in [-0.3, -0.25) is 14.9 Å². The molecular formula is C26H25Cl2N5. The number of H-pyrrole nitrogens is 1. The highest BCUT2D eigenvalue weighted by molar-refractivity contribution is 6.42. The third-order valence-corrected chi connectivity index (χ3v) is 7.28. The monoisotopic (exact) mass is 477 g/mol. The predicted octanol–water partition coefficient (Wildman–Crippen LogP) is 6.78. The van der Waals surface area contributed by atoms with Crippen molar-refractivity contribution in [2.45, 2.75) is 31.7 Å². The molecule has 0 radical (unpaired) electrons. The fourth-order valence-electron chi connectivity index (χ4n) is 4.58. The van der Waals surface area contributed by atoms with Crippen LogP contribution in [0.1, 0.15) is 43.1 Å². The molecule has 1 aliphatic heterocycles. The molecule has 5 nitrogen and oxygen atoms in total. The third kappa shape index (κ3) is 4.67. The number of pyridine rings is 2. The minimum atomic E-state index is 0.378. The number of rotatable bonds is 5. The van der Waals surface area contributed by atoms with E-state index in [2.05, 4.69) is 38.9 Å². The number of imidazole rings is 1. The first kappa shape index (κ1) is 22.1. The summed E-state index contributed by atoms with van der Waals surface area (Å²) in [6, 6.07) is 14.3. The van der Waals surface area contributed by atoms with E-state index >= 15 is 0 Å². The molecule has 1 N–H and O–H groups in total. The highest BCUT2D eigenvalue weighted by Gasteiger charge is 2.27. The molecule has 1 fully saturated rings. The van der Waals surface area contributed by atoms with Crippen LogP contribution < -0.4 is 0 Å². The Morgan fingerprint density at radius 2 is 1.55 bits per heavy atom. The quantitative estimate of drug-likeness (QED) is 0.344. The second kappa shape index (κ2) is 9.64. The topological polar surface area (TPSA) is 57.7 Å². The molecule has 3 aromatic heterocycles. The van der Waals surface area contributed by atoms with Gasteiger partial charge in [0.05, 0.1) is 21.4 Å². The Balaban J connectivity index is 1.41. The fourth-order valence-corrected chi connectivity index (χ4v) is 4.88. The molecule has 4 aromatic rings. The van der Waals surface area contributed by atoms with Crippen LogP contribution in [0, 0.1) is 0 Å². The van der Waals surface area contributed by atoms with Gasteiger partial charge >= 0.3 is 0 Å². The van der Waals surface area contributed by atoms with Crippen LogP contribution in [0.2, 0.25) is 10.0 Å². The van der Waals surface area contributed by atoms with Gasteiger partial charge in [-0.1, -0.05) is 29.3 Å². The molecule has 1 saturated heterocycles. The predicted molar refractivity (Wildman–Crippen MR) is 133 cm³/mol. The second-order valence-electron chi connectivity index (χ2n) is 8.48. The molecule has 0 aliphatic carbocycles. The van der Waals surface area contributed by atoms with Gasteiger partial charge in [-0.05, 0) is 74.8 Å². The highest BCUT2D eigenvalue weighted by atomic mass is 35.5. The van der Waals surface area contributed by atoms with E-state index in [9.17, 15) is 0 Å². The number of aromatic nitrogens is 4. The summed E-state index contributed by atoms with van der Waals surface area (Å²) in [6.45, 7) is 4.33. The number of halogens is 2. The molecule has 0 spiro atoms. The van der Waals surface area contributed by atoms with Crippen molar-refractivity contribution < 1.29 is 0 Å². The van der Waals surface area contributed by atoms with Gasteiger partial charge in [0.2, 0.25) is 0 Å². The second-order valence-corrected chi connectivity index (χ2v) is 9.29. The summed E-state index contributed by atoms with van der Waals surface area (Å²) in [4.78, 5) is 19.6. The molecular weight excluding hydrogens is 453 g/mol. The van der Waals surface area contributed by atoms with E-state index in [-0.39, 0.29) is 0 Å². The molecule has 168 valence electrons. The zero-order valence-corrected chi connectivity index (χ0v) is 19.9. The third-order valence-electron chi connectivity index (χ3n) is 6.54. The number of nitrogens with zero attached hydrogens (tertiary/aromatic N) is 4. The summed E-state index contributed by atoms with van der Waals surface area (Å²) in [6.07, 6.45) is 9.44. The summed E-state index contributed by atoms with van der Waals surface area (Å²) < 4.78 is 0. The van der Waals surface area contributed by atoms with E-state index in [0.717, 1.165) is 54.3 Å². The number of likely N-dealkylation sites (tertiary alicyclic amines) is 1. The largest absolute Gasteiger partial charge is 0.341 e. The van der Waals surface area contributed by atoms with Gasteiger partial charge in [0, 0.05) is 47.9 Å². The molecule has 1 atom stereocenters. The molecule has 0 saturated carbocycles. The maximum absolute atomic E-state index is 6.32. The van der Waals surface area contributed by atoms with Crippen LogP contribution in [0.4, 0.5) is 0 Å². The Hall–Kier alpha value is -2.73. The van der Waals surface area contributed by atoms with Gasteiger partial charge in [0.1, 0.15) is 5.82 Å². The summed E-state index contributed by atoms with van der Waals surface area (Å²) in [7, 11) is 0. The molecule has 1 aliphatic rings. The lowest BCUT2D eigenvalue weighted by Crippen LogP contribution is -2.35. The number of hydrogen-bond acceptors (Lipinski definition) is 4. The average Bonchev–Trinajstić information content (AvgIpc) is 3.32. The van der Waals surface area contributed by atoms with E-state index in [0.29, 0.717) is 22.0 Å². The van der Waals surface area contributed by atoms with Gasteiger partial charge in [0.15, 0.2) is 0 Å². The van der Waals surface area contributed by atoms with E-state index in [1.54, 1.807) is 12.4 Å². The summed E-state index contributed by atoms with van der Waals surface area (Å²) >= 11 is 12.5. The lowest BCUT2D eigenvalue weighted by atomic mass is 9.94. The van der Waals surface area contributed by atoms with Gasteiger partial charge in [-0.15, -0.1) is 0 Å². The fraction of sp³-hybridized carbons (Fsp3) is 0.269. The first-order valence-electron chi connectivity index (χ1n) is 11.2. The summed E-state index contributed by atoms with van der Waals surface area (Å²) in [5.41, 5.74) is 5.18. The maximum Gasteiger partial charge on any atom is 0.110 e. The molecule has 33 heavy (non-hydrogen) atoms. The van der Waals surface area contributed by atoms with Gasteiger partial charge < -0.3 is 4.98 Å². The Kier molecular flexibility index (Phi) is 6.45. The minimum Gasteiger partial charge on any atom is -0.341 e. The molecule has 1 unspecified atom stereocenters. The van der Waals surface area contributed by atoms with Gasteiger partial charge in [-0.25, -0.2) is 4.98 Å². The smallest absolute Gasteiger partial charge is 0.110 e. The van der Waals surface area contributed by atoms with Crippen LogP contribution in [0.15, 0.2) is 67.3 Å². The van der Waals surface area contributed by atoms with E-state index in [4.69, 9.17) is 28.2 Å². The van der Waals surface area contributed by atoms with Crippen LogP contribution in [0.5, 0.6) is 0 Å². The van der Waals surface area contributed by atoms with Gasteiger partial charge in [-0.2, -0.15) is 0 Å². The van der Waals surface area contributed by atoms with Crippen LogP contribution in [0.25, 0.3) is 22.5 Å². The van der Waals surface area contributed by atoms with Gasteiger partial charge in [0.25, 0.3) is 0 Å². The van der Waals surface area contributed by atoms with Crippen molar-refractivity contribution in [3.05, 3.63) is 88.7 Å². The Bertz CT molecular complexity index is 1220. The van der Waals surface area contributed by atoms with Crippen molar-refractivity contribution in [3.8, 4) is 22.5 Å².